The number of nitrogens with one attached hydrogen (secondary N) is 1. The van der Waals surface area contributed by atoms with Gasteiger partial charge in [-0.25, -0.2) is 18.1 Å². The van der Waals surface area contributed by atoms with E-state index in [0.717, 1.165) is 18.2 Å². The van der Waals surface area contributed by atoms with Crippen LogP contribution in [-0.4, -0.2) is 29.8 Å². The maximum atomic E-state index is 11.9. The second kappa shape index (κ2) is 7.25. The second-order valence-corrected chi connectivity index (χ2v) is 6.70. The van der Waals surface area contributed by atoms with Gasteiger partial charge in [0.15, 0.2) is 5.03 Å². The van der Waals surface area contributed by atoms with Crippen molar-refractivity contribution in [1.82, 2.24) is 14.3 Å². The monoisotopic (exact) mass is 337 g/mol. The summed E-state index contributed by atoms with van der Waals surface area (Å²) in [4.78, 5) is 3.89. The first-order valence-corrected chi connectivity index (χ1v) is 8.67. The summed E-state index contributed by atoms with van der Waals surface area (Å²) in [5.41, 5.74) is 0. The summed E-state index contributed by atoms with van der Waals surface area (Å²) >= 11 is 3.40. The minimum atomic E-state index is -3.45. The molecule has 7 heteroatoms. The van der Waals surface area contributed by atoms with Gasteiger partial charge in [-0.2, -0.15) is 0 Å². The molecule has 1 unspecified atom stereocenters. The number of aromatic nitrogens is 2. The van der Waals surface area contributed by atoms with Crippen LogP contribution in [0.1, 0.15) is 26.7 Å². The molecule has 0 radical (unpaired) electrons. The van der Waals surface area contributed by atoms with Crippen molar-refractivity contribution in [1.29, 1.82) is 0 Å². The molecule has 0 aliphatic rings. The quantitative estimate of drug-likeness (QED) is 0.582. The lowest BCUT2D eigenvalue weighted by atomic mass is 10.1. The fraction of sp³-hybridized carbons (Fsp3) is 0.727. The standard InChI is InChI=1S/C11H20BrN3O2S/c1-3-15-8-11(13-9-15)18(16,17)14-6-4-5-10(2)7-12/h8-10,14H,3-7H2,1-2H3. The number of halogens is 1. The third kappa shape index (κ3) is 4.70. The van der Waals surface area contributed by atoms with Gasteiger partial charge in [0.05, 0.1) is 6.33 Å². The molecular weight excluding hydrogens is 318 g/mol. The van der Waals surface area contributed by atoms with Gasteiger partial charge in [-0.15, -0.1) is 0 Å². The van der Waals surface area contributed by atoms with Crippen LogP contribution in [0.2, 0.25) is 0 Å². The van der Waals surface area contributed by atoms with Crippen molar-refractivity contribution in [3.8, 4) is 0 Å². The molecule has 1 aromatic heterocycles. The van der Waals surface area contributed by atoms with Crippen molar-refractivity contribution in [3.05, 3.63) is 12.5 Å². The van der Waals surface area contributed by atoms with Gasteiger partial charge in [-0.05, 0) is 25.7 Å². The lowest BCUT2D eigenvalue weighted by Gasteiger charge is -2.07. The molecule has 0 amide bonds. The van der Waals surface area contributed by atoms with Crippen LogP contribution in [0.3, 0.4) is 0 Å². The average Bonchev–Trinajstić information content (AvgIpc) is 2.83. The number of aryl methyl sites for hydroxylation is 1. The van der Waals surface area contributed by atoms with Crippen LogP contribution in [0.25, 0.3) is 0 Å². The number of hydrogen-bond acceptors (Lipinski definition) is 3. The van der Waals surface area contributed by atoms with Crippen LogP contribution in [0.4, 0.5) is 0 Å². The van der Waals surface area contributed by atoms with Crippen molar-refractivity contribution in [2.75, 3.05) is 11.9 Å². The molecule has 1 N–H and O–H groups in total. The summed E-state index contributed by atoms with van der Waals surface area (Å²) in [5.74, 6) is 0.564. The number of nitrogens with zero attached hydrogens (tertiary/aromatic N) is 2. The number of imidazole rings is 1. The number of alkyl halides is 1. The Bertz CT molecular complexity index is 459. The Balaban J connectivity index is 2.45. The zero-order chi connectivity index (χ0) is 13.6. The number of hydrogen-bond donors (Lipinski definition) is 1. The maximum Gasteiger partial charge on any atom is 0.259 e. The van der Waals surface area contributed by atoms with E-state index < -0.39 is 10.0 Å². The van der Waals surface area contributed by atoms with Crippen molar-refractivity contribution in [2.45, 2.75) is 38.3 Å². The third-order valence-corrected chi connectivity index (χ3v) is 5.13. The van der Waals surface area contributed by atoms with E-state index in [1.807, 2.05) is 6.92 Å². The third-order valence-electron chi connectivity index (χ3n) is 2.68. The smallest absolute Gasteiger partial charge is 0.259 e. The molecule has 5 nitrogen and oxygen atoms in total. The molecule has 0 spiro atoms. The second-order valence-electron chi connectivity index (χ2n) is 4.34. The molecule has 1 heterocycles. The molecule has 104 valence electrons. The van der Waals surface area contributed by atoms with E-state index in [1.165, 1.54) is 6.33 Å². The Morgan fingerprint density at radius 3 is 2.83 bits per heavy atom. The molecule has 0 saturated heterocycles. The van der Waals surface area contributed by atoms with Gasteiger partial charge in [0, 0.05) is 24.6 Å². The largest absolute Gasteiger partial charge is 0.336 e. The first-order chi connectivity index (χ1) is 8.49. The fourth-order valence-corrected chi connectivity index (χ4v) is 2.80. The van der Waals surface area contributed by atoms with Gasteiger partial charge >= 0.3 is 0 Å². The molecule has 0 aliphatic carbocycles. The zero-order valence-corrected chi connectivity index (χ0v) is 13.2. The van der Waals surface area contributed by atoms with Gasteiger partial charge in [0.1, 0.15) is 0 Å². The summed E-state index contributed by atoms with van der Waals surface area (Å²) in [6, 6.07) is 0. The van der Waals surface area contributed by atoms with Crippen LogP contribution in [-0.2, 0) is 16.6 Å². The van der Waals surface area contributed by atoms with Gasteiger partial charge < -0.3 is 4.57 Å². The van der Waals surface area contributed by atoms with Crippen LogP contribution in [0, 0.1) is 5.92 Å². The van der Waals surface area contributed by atoms with E-state index in [4.69, 9.17) is 0 Å². The Morgan fingerprint density at radius 1 is 1.56 bits per heavy atom. The van der Waals surface area contributed by atoms with E-state index in [9.17, 15) is 8.42 Å². The van der Waals surface area contributed by atoms with Crippen LogP contribution in [0.5, 0.6) is 0 Å². The molecule has 0 aromatic carbocycles. The highest BCUT2D eigenvalue weighted by atomic mass is 79.9. The summed E-state index contributed by atoms with van der Waals surface area (Å²) in [5, 5.41) is 1.04. The molecular formula is C11H20BrN3O2S. The molecule has 0 bridgehead atoms. The van der Waals surface area contributed by atoms with Crippen molar-refractivity contribution < 1.29 is 8.42 Å². The Labute approximate surface area is 117 Å². The lowest BCUT2D eigenvalue weighted by molar-refractivity contribution is 0.545. The first kappa shape index (κ1) is 15.7. The summed E-state index contributed by atoms with van der Waals surface area (Å²) < 4.78 is 28.1. The van der Waals surface area contributed by atoms with Gasteiger partial charge in [-0.3, -0.25) is 0 Å². The average molecular weight is 338 g/mol. The van der Waals surface area contributed by atoms with Crippen molar-refractivity contribution in [2.24, 2.45) is 5.92 Å². The molecule has 0 aliphatic heterocycles. The van der Waals surface area contributed by atoms with E-state index in [1.54, 1.807) is 10.8 Å². The first-order valence-electron chi connectivity index (χ1n) is 6.07. The van der Waals surface area contributed by atoms with Gasteiger partial charge in [0.2, 0.25) is 0 Å². The molecule has 1 rings (SSSR count). The van der Waals surface area contributed by atoms with Gasteiger partial charge in [0.25, 0.3) is 10.0 Å². The Kier molecular flexibility index (Phi) is 6.31. The molecule has 0 fully saturated rings. The fourth-order valence-electron chi connectivity index (χ4n) is 1.46. The van der Waals surface area contributed by atoms with Crippen LogP contribution >= 0.6 is 15.9 Å². The predicted octanol–water partition coefficient (Wildman–Crippen LogP) is 1.99. The van der Waals surface area contributed by atoms with Crippen molar-refractivity contribution >= 4 is 26.0 Å². The van der Waals surface area contributed by atoms with E-state index in [2.05, 4.69) is 32.6 Å². The number of sulfonamides is 1. The molecule has 1 atom stereocenters. The maximum absolute atomic E-state index is 11.9. The Hall–Kier alpha value is -0.400. The molecule has 0 saturated carbocycles. The van der Waals surface area contributed by atoms with E-state index in [0.29, 0.717) is 19.0 Å². The zero-order valence-electron chi connectivity index (χ0n) is 10.8. The molecule has 18 heavy (non-hydrogen) atoms. The van der Waals surface area contributed by atoms with E-state index in [-0.39, 0.29) is 5.03 Å². The van der Waals surface area contributed by atoms with Crippen molar-refractivity contribution in [3.63, 3.8) is 0 Å². The number of rotatable bonds is 8. The molecule has 1 aromatic rings. The minimum absolute atomic E-state index is 0.0953. The SMILES string of the molecule is CCn1cnc(S(=O)(=O)NCCCC(C)CBr)c1. The highest BCUT2D eigenvalue weighted by molar-refractivity contribution is 9.09. The topological polar surface area (TPSA) is 64.0 Å². The minimum Gasteiger partial charge on any atom is -0.336 e. The lowest BCUT2D eigenvalue weighted by Crippen LogP contribution is -2.25. The predicted molar refractivity (Wildman–Crippen MR) is 75.3 cm³/mol. The highest BCUT2D eigenvalue weighted by Gasteiger charge is 2.16. The highest BCUT2D eigenvalue weighted by Crippen LogP contribution is 2.09. The normalized spacial score (nSPS) is 13.7. The van der Waals surface area contributed by atoms with Crippen LogP contribution in [0.15, 0.2) is 17.6 Å². The Morgan fingerprint density at radius 2 is 2.28 bits per heavy atom. The summed E-state index contributed by atoms with van der Waals surface area (Å²) in [7, 11) is -3.45. The summed E-state index contributed by atoms with van der Waals surface area (Å²) in [6.07, 6.45) is 4.91. The summed E-state index contributed by atoms with van der Waals surface area (Å²) in [6.45, 7) is 5.24. The van der Waals surface area contributed by atoms with Gasteiger partial charge in [-0.1, -0.05) is 22.9 Å². The van der Waals surface area contributed by atoms with Crippen LogP contribution < -0.4 is 4.72 Å². The van der Waals surface area contributed by atoms with E-state index >= 15 is 0 Å².